The largest absolute Gasteiger partial charge is 0.384 e. The van der Waals surface area contributed by atoms with Gasteiger partial charge in [-0.15, -0.1) is 0 Å². The van der Waals surface area contributed by atoms with E-state index in [0.29, 0.717) is 17.3 Å². The number of halogens is 1. The minimum absolute atomic E-state index is 0.271. The van der Waals surface area contributed by atoms with Crippen LogP contribution in [0.5, 0.6) is 0 Å². The minimum Gasteiger partial charge on any atom is -0.384 e. The number of fused-ring (bicyclic) bond motifs is 1. The van der Waals surface area contributed by atoms with Crippen LogP contribution < -0.4 is 5.73 Å². The molecule has 3 N–H and O–H groups in total. The Balaban J connectivity index is 2.14. The Morgan fingerprint density at radius 3 is 2.53 bits per heavy atom. The molecule has 0 fully saturated rings. The van der Waals surface area contributed by atoms with Crippen molar-refractivity contribution in [1.82, 2.24) is 15.0 Å². The van der Waals surface area contributed by atoms with Crippen LogP contribution in [0.25, 0.3) is 22.6 Å². The van der Waals surface area contributed by atoms with Gasteiger partial charge in [-0.1, -0.05) is 0 Å². The molecule has 0 aliphatic heterocycles. The number of aromatic amines is 1. The number of nitrogens with zero attached hydrogens (tertiary/aromatic N) is 2. The zero-order chi connectivity index (χ0) is 11.8. The summed E-state index contributed by atoms with van der Waals surface area (Å²) >= 11 is 0. The zero-order valence-electron chi connectivity index (χ0n) is 8.81. The van der Waals surface area contributed by atoms with E-state index in [4.69, 9.17) is 5.73 Å². The van der Waals surface area contributed by atoms with E-state index in [2.05, 4.69) is 15.0 Å². The highest BCUT2D eigenvalue weighted by atomic mass is 19.1. The highest BCUT2D eigenvalue weighted by Crippen LogP contribution is 2.20. The number of rotatable bonds is 1. The lowest BCUT2D eigenvalue weighted by molar-refractivity contribution is 0.628. The third-order valence-electron chi connectivity index (χ3n) is 2.49. The molecule has 0 radical (unpaired) electrons. The lowest BCUT2D eigenvalue weighted by Gasteiger charge is -1.94. The first-order chi connectivity index (χ1) is 8.22. The monoisotopic (exact) mass is 228 g/mol. The summed E-state index contributed by atoms with van der Waals surface area (Å²) in [5.41, 5.74) is 7.75. The molecule has 0 bridgehead atoms. The van der Waals surface area contributed by atoms with Crippen molar-refractivity contribution in [3.05, 3.63) is 42.2 Å². The number of pyridine rings is 1. The van der Waals surface area contributed by atoms with E-state index in [1.54, 1.807) is 18.2 Å². The molecule has 4 nitrogen and oxygen atoms in total. The second kappa shape index (κ2) is 3.55. The van der Waals surface area contributed by atoms with Gasteiger partial charge < -0.3 is 10.7 Å². The summed E-state index contributed by atoms with van der Waals surface area (Å²) in [7, 11) is 0. The minimum atomic E-state index is -0.271. The van der Waals surface area contributed by atoms with E-state index in [9.17, 15) is 4.39 Å². The highest BCUT2D eigenvalue weighted by Gasteiger charge is 2.06. The Kier molecular flexibility index (Phi) is 2.04. The smallest absolute Gasteiger partial charge is 0.180 e. The van der Waals surface area contributed by atoms with Crippen molar-refractivity contribution in [2.24, 2.45) is 0 Å². The Morgan fingerprint density at radius 1 is 1.00 bits per heavy atom. The average Bonchev–Trinajstić information content (AvgIpc) is 2.72. The van der Waals surface area contributed by atoms with Crippen LogP contribution in [0.1, 0.15) is 0 Å². The Bertz CT molecular complexity index is 673. The lowest BCUT2D eigenvalue weighted by Crippen LogP contribution is -1.88. The predicted molar refractivity (Wildman–Crippen MR) is 63.7 cm³/mol. The standard InChI is InChI=1S/C12H9FN4/c13-8-3-1-7(2-4-8)11-15-9-5-6-10(14)16-12(9)17-11/h1-6H,(H3,14,15,16,17). The first-order valence-corrected chi connectivity index (χ1v) is 5.10. The van der Waals surface area contributed by atoms with E-state index in [-0.39, 0.29) is 5.82 Å². The third kappa shape index (κ3) is 1.71. The molecule has 17 heavy (non-hydrogen) atoms. The molecule has 5 heteroatoms. The lowest BCUT2D eigenvalue weighted by atomic mass is 10.2. The van der Waals surface area contributed by atoms with Gasteiger partial charge in [0.25, 0.3) is 0 Å². The fourth-order valence-corrected chi connectivity index (χ4v) is 1.65. The van der Waals surface area contributed by atoms with Gasteiger partial charge in [0.2, 0.25) is 0 Å². The van der Waals surface area contributed by atoms with Gasteiger partial charge in [-0.05, 0) is 36.4 Å². The number of anilines is 1. The molecule has 2 aromatic heterocycles. The molecule has 1 aromatic carbocycles. The first-order valence-electron chi connectivity index (χ1n) is 5.10. The van der Waals surface area contributed by atoms with Crippen LogP contribution in [0.2, 0.25) is 0 Å². The fraction of sp³-hybridized carbons (Fsp3) is 0. The van der Waals surface area contributed by atoms with Gasteiger partial charge >= 0.3 is 0 Å². The van der Waals surface area contributed by atoms with Crippen molar-refractivity contribution in [2.75, 3.05) is 5.73 Å². The second-order valence-electron chi connectivity index (χ2n) is 3.70. The van der Waals surface area contributed by atoms with Gasteiger partial charge in [0.05, 0.1) is 5.52 Å². The van der Waals surface area contributed by atoms with E-state index in [0.717, 1.165) is 11.1 Å². The van der Waals surface area contributed by atoms with Gasteiger partial charge in [0.1, 0.15) is 17.5 Å². The number of hydrogen-bond donors (Lipinski definition) is 2. The molecule has 3 rings (SSSR count). The number of aromatic nitrogens is 3. The number of benzene rings is 1. The van der Waals surface area contributed by atoms with E-state index < -0.39 is 0 Å². The van der Waals surface area contributed by atoms with Crippen LogP contribution in [0.15, 0.2) is 36.4 Å². The van der Waals surface area contributed by atoms with Crippen LogP contribution in [0.4, 0.5) is 10.2 Å². The van der Waals surface area contributed by atoms with Gasteiger partial charge in [-0.2, -0.15) is 0 Å². The number of nitrogen functional groups attached to an aromatic ring is 1. The van der Waals surface area contributed by atoms with Gasteiger partial charge in [-0.25, -0.2) is 14.4 Å². The fourth-order valence-electron chi connectivity index (χ4n) is 1.65. The van der Waals surface area contributed by atoms with Crippen molar-refractivity contribution in [2.45, 2.75) is 0 Å². The number of imidazole rings is 1. The van der Waals surface area contributed by atoms with Crippen molar-refractivity contribution in [3.8, 4) is 11.4 Å². The molecule has 84 valence electrons. The summed E-state index contributed by atoms with van der Waals surface area (Å²) in [4.78, 5) is 11.5. The van der Waals surface area contributed by atoms with Crippen LogP contribution in [0.3, 0.4) is 0 Å². The second-order valence-corrected chi connectivity index (χ2v) is 3.70. The van der Waals surface area contributed by atoms with Crippen LogP contribution >= 0.6 is 0 Å². The van der Waals surface area contributed by atoms with E-state index in [1.807, 2.05) is 6.07 Å². The molecule has 0 aliphatic rings. The van der Waals surface area contributed by atoms with Gasteiger partial charge in [0, 0.05) is 5.56 Å². The molecule has 0 aliphatic carbocycles. The summed E-state index contributed by atoms with van der Waals surface area (Å²) in [6.07, 6.45) is 0. The zero-order valence-corrected chi connectivity index (χ0v) is 8.81. The predicted octanol–water partition coefficient (Wildman–Crippen LogP) is 2.35. The Labute approximate surface area is 96.3 Å². The number of nitrogens with two attached hydrogens (primary N) is 1. The molecule has 0 saturated heterocycles. The van der Waals surface area contributed by atoms with Crippen molar-refractivity contribution >= 4 is 17.0 Å². The quantitative estimate of drug-likeness (QED) is 0.671. The van der Waals surface area contributed by atoms with Crippen LogP contribution in [-0.2, 0) is 0 Å². The number of hydrogen-bond acceptors (Lipinski definition) is 3. The van der Waals surface area contributed by atoms with Crippen LogP contribution in [0, 0.1) is 5.82 Å². The Hall–Kier alpha value is -2.43. The summed E-state index contributed by atoms with van der Waals surface area (Å²) < 4.78 is 12.8. The summed E-state index contributed by atoms with van der Waals surface area (Å²) in [6, 6.07) is 9.63. The van der Waals surface area contributed by atoms with Crippen molar-refractivity contribution < 1.29 is 4.39 Å². The molecule has 0 spiro atoms. The first kappa shape index (κ1) is 9.77. The molecular weight excluding hydrogens is 219 g/mol. The average molecular weight is 228 g/mol. The SMILES string of the molecule is Nc1ccc2[nH]c(-c3ccc(F)cc3)nc2n1. The molecule has 3 aromatic rings. The van der Waals surface area contributed by atoms with E-state index >= 15 is 0 Å². The highest BCUT2D eigenvalue weighted by molar-refractivity contribution is 5.77. The molecule has 0 amide bonds. The third-order valence-corrected chi connectivity index (χ3v) is 2.49. The maximum Gasteiger partial charge on any atom is 0.180 e. The summed E-state index contributed by atoms with van der Waals surface area (Å²) in [6.45, 7) is 0. The van der Waals surface area contributed by atoms with Gasteiger partial charge in [-0.3, -0.25) is 0 Å². The number of H-pyrrole nitrogens is 1. The normalized spacial score (nSPS) is 10.9. The van der Waals surface area contributed by atoms with Crippen molar-refractivity contribution in [1.29, 1.82) is 0 Å². The maximum atomic E-state index is 12.8. The molecule has 2 heterocycles. The molecular formula is C12H9FN4. The topological polar surface area (TPSA) is 67.6 Å². The summed E-state index contributed by atoms with van der Waals surface area (Å²) in [5.74, 6) is 0.806. The molecule has 0 atom stereocenters. The van der Waals surface area contributed by atoms with Crippen LogP contribution in [-0.4, -0.2) is 15.0 Å². The molecule has 0 unspecified atom stereocenters. The van der Waals surface area contributed by atoms with Crippen molar-refractivity contribution in [3.63, 3.8) is 0 Å². The summed E-state index contributed by atoms with van der Waals surface area (Å²) in [5, 5.41) is 0. The Morgan fingerprint density at radius 2 is 1.76 bits per heavy atom. The molecule has 0 saturated carbocycles. The maximum absolute atomic E-state index is 12.8. The number of nitrogens with one attached hydrogen (secondary N) is 1. The van der Waals surface area contributed by atoms with Gasteiger partial charge in [0.15, 0.2) is 5.65 Å². The van der Waals surface area contributed by atoms with E-state index in [1.165, 1.54) is 12.1 Å².